The number of benzene rings is 2. The standard InChI is InChI=1S/C21H27ClN2O3/c1-15(2)27-21-16(12-17(22)13-20(21)25-3)14-23-18-4-6-19(7-5-18)24-8-10-26-11-9-24/h4-7,12-13,15,23H,8-11,14H2,1-3H3. The van der Waals surface area contributed by atoms with Crippen molar-refractivity contribution in [3.8, 4) is 11.5 Å². The number of halogens is 1. The van der Waals surface area contributed by atoms with Crippen molar-refractivity contribution in [1.29, 1.82) is 0 Å². The Kier molecular flexibility index (Phi) is 6.69. The summed E-state index contributed by atoms with van der Waals surface area (Å²) in [5.74, 6) is 1.38. The van der Waals surface area contributed by atoms with Gasteiger partial charge in [0.05, 0.1) is 26.4 Å². The van der Waals surface area contributed by atoms with E-state index in [4.69, 9.17) is 25.8 Å². The molecule has 2 aromatic carbocycles. The van der Waals surface area contributed by atoms with E-state index < -0.39 is 0 Å². The number of anilines is 2. The fourth-order valence-corrected chi connectivity index (χ4v) is 3.31. The van der Waals surface area contributed by atoms with Gasteiger partial charge in [-0.15, -0.1) is 0 Å². The van der Waals surface area contributed by atoms with Crippen molar-refractivity contribution in [2.75, 3.05) is 43.6 Å². The van der Waals surface area contributed by atoms with Crippen LogP contribution in [0.4, 0.5) is 11.4 Å². The molecule has 1 N–H and O–H groups in total. The van der Waals surface area contributed by atoms with E-state index in [9.17, 15) is 0 Å². The molecule has 0 spiro atoms. The Morgan fingerprint density at radius 3 is 2.48 bits per heavy atom. The Labute approximate surface area is 166 Å². The van der Waals surface area contributed by atoms with Crippen molar-refractivity contribution < 1.29 is 14.2 Å². The summed E-state index contributed by atoms with van der Waals surface area (Å²) in [6.45, 7) is 8.03. The Morgan fingerprint density at radius 1 is 1.15 bits per heavy atom. The van der Waals surface area contributed by atoms with E-state index in [1.54, 1.807) is 13.2 Å². The number of morpholine rings is 1. The molecule has 1 saturated heterocycles. The second kappa shape index (κ2) is 9.20. The lowest BCUT2D eigenvalue weighted by Gasteiger charge is -2.29. The van der Waals surface area contributed by atoms with Gasteiger partial charge in [-0.1, -0.05) is 11.6 Å². The summed E-state index contributed by atoms with van der Waals surface area (Å²) in [7, 11) is 1.63. The highest BCUT2D eigenvalue weighted by atomic mass is 35.5. The van der Waals surface area contributed by atoms with Crippen LogP contribution in [0.1, 0.15) is 19.4 Å². The van der Waals surface area contributed by atoms with Crippen LogP contribution in [0.15, 0.2) is 36.4 Å². The van der Waals surface area contributed by atoms with Crippen LogP contribution >= 0.6 is 11.6 Å². The molecule has 0 radical (unpaired) electrons. The predicted octanol–water partition coefficient (Wildman–Crippen LogP) is 4.58. The zero-order valence-electron chi connectivity index (χ0n) is 16.1. The van der Waals surface area contributed by atoms with Gasteiger partial charge in [0.25, 0.3) is 0 Å². The Morgan fingerprint density at radius 2 is 1.85 bits per heavy atom. The van der Waals surface area contributed by atoms with E-state index in [2.05, 4.69) is 34.5 Å². The normalized spacial score (nSPS) is 14.3. The van der Waals surface area contributed by atoms with Crippen LogP contribution in [-0.4, -0.2) is 39.5 Å². The summed E-state index contributed by atoms with van der Waals surface area (Å²) in [5, 5.41) is 4.07. The van der Waals surface area contributed by atoms with Gasteiger partial charge in [0.1, 0.15) is 0 Å². The number of rotatable bonds is 7. The van der Waals surface area contributed by atoms with Crippen LogP contribution < -0.4 is 19.7 Å². The van der Waals surface area contributed by atoms with Gasteiger partial charge >= 0.3 is 0 Å². The summed E-state index contributed by atoms with van der Waals surface area (Å²) in [4.78, 5) is 2.34. The molecular weight excluding hydrogens is 364 g/mol. The molecule has 2 aromatic rings. The van der Waals surface area contributed by atoms with Crippen LogP contribution in [0.25, 0.3) is 0 Å². The number of nitrogens with zero attached hydrogens (tertiary/aromatic N) is 1. The molecule has 0 saturated carbocycles. The van der Waals surface area contributed by atoms with Gasteiger partial charge in [-0.25, -0.2) is 0 Å². The fourth-order valence-electron chi connectivity index (χ4n) is 3.08. The monoisotopic (exact) mass is 390 g/mol. The number of methoxy groups -OCH3 is 1. The second-order valence-corrected chi connectivity index (χ2v) is 7.20. The lowest BCUT2D eigenvalue weighted by atomic mass is 10.1. The predicted molar refractivity (Wildman–Crippen MR) is 111 cm³/mol. The lowest BCUT2D eigenvalue weighted by molar-refractivity contribution is 0.122. The highest BCUT2D eigenvalue weighted by Gasteiger charge is 2.15. The fraction of sp³-hybridized carbons (Fsp3) is 0.429. The first kappa shape index (κ1) is 19.6. The van der Waals surface area contributed by atoms with Gasteiger partial charge in [-0.05, 0) is 44.2 Å². The quantitative estimate of drug-likeness (QED) is 0.749. The molecule has 0 bridgehead atoms. The summed E-state index contributed by atoms with van der Waals surface area (Å²) < 4.78 is 16.8. The molecule has 1 aliphatic rings. The van der Waals surface area contributed by atoms with Crippen molar-refractivity contribution in [2.24, 2.45) is 0 Å². The van der Waals surface area contributed by atoms with Crippen LogP contribution in [-0.2, 0) is 11.3 Å². The summed E-state index contributed by atoms with van der Waals surface area (Å²) in [5.41, 5.74) is 3.23. The Bertz CT molecular complexity index is 744. The molecule has 3 rings (SSSR count). The number of ether oxygens (including phenoxy) is 3. The molecule has 146 valence electrons. The minimum Gasteiger partial charge on any atom is -0.493 e. The lowest BCUT2D eigenvalue weighted by Crippen LogP contribution is -2.36. The molecule has 6 heteroatoms. The van der Waals surface area contributed by atoms with E-state index in [-0.39, 0.29) is 6.10 Å². The van der Waals surface area contributed by atoms with Gasteiger partial charge in [0.15, 0.2) is 11.5 Å². The molecule has 1 heterocycles. The molecule has 5 nitrogen and oxygen atoms in total. The molecule has 0 atom stereocenters. The van der Waals surface area contributed by atoms with Gasteiger partial charge in [-0.3, -0.25) is 0 Å². The molecule has 1 fully saturated rings. The molecule has 27 heavy (non-hydrogen) atoms. The minimum atomic E-state index is 0.0478. The van der Waals surface area contributed by atoms with E-state index in [1.807, 2.05) is 19.9 Å². The first-order chi connectivity index (χ1) is 13.1. The minimum absolute atomic E-state index is 0.0478. The third kappa shape index (κ3) is 5.21. The van der Waals surface area contributed by atoms with E-state index in [0.29, 0.717) is 17.3 Å². The molecule has 0 aromatic heterocycles. The summed E-state index contributed by atoms with van der Waals surface area (Å²) in [6.07, 6.45) is 0.0478. The Balaban J connectivity index is 1.71. The topological polar surface area (TPSA) is 43.0 Å². The van der Waals surface area contributed by atoms with Crippen molar-refractivity contribution >= 4 is 23.0 Å². The van der Waals surface area contributed by atoms with Crippen molar-refractivity contribution in [3.63, 3.8) is 0 Å². The maximum atomic E-state index is 6.25. The van der Waals surface area contributed by atoms with Gasteiger partial charge < -0.3 is 24.4 Å². The Hall–Kier alpha value is -2.11. The third-order valence-corrected chi connectivity index (χ3v) is 4.61. The largest absolute Gasteiger partial charge is 0.493 e. The van der Waals surface area contributed by atoms with Crippen molar-refractivity contribution in [1.82, 2.24) is 0 Å². The number of nitrogens with one attached hydrogen (secondary N) is 1. The first-order valence-electron chi connectivity index (χ1n) is 9.26. The van der Waals surface area contributed by atoms with E-state index in [1.165, 1.54) is 5.69 Å². The van der Waals surface area contributed by atoms with Crippen molar-refractivity contribution in [3.05, 3.63) is 47.0 Å². The first-order valence-corrected chi connectivity index (χ1v) is 9.64. The zero-order valence-corrected chi connectivity index (χ0v) is 16.9. The molecule has 1 aliphatic heterocycles. The van der Waals surface area contributed by atoms with Crippen LogP contribution in [0.5, 0.6) is 11.5 Å². The summed E-state index contributed by atoms with van der Waals surface area (Å²) >= 11 is 6.25. The number of hydrogen-bond donors (Lipinski definition) is 1. The van der Waals surface area contributed by atoms with E-state index in [0.717, 1.165) is 43.3 Å². The van der Waals surface area contributed by atoms with Gasteiger partial charge in [0, 0.05) is 47.7 Å². The molecular formula is C21H27ClN2O3. The molecule has 0 unspecified atom stereocenters. The molecule has 0 aliphatic carbocycles. The maximum absolute atomic E-state index is 6.25. The highest BCUT2D eigenvalue weighted by Crippen LogP contribution is 2.36. The van der Waals surface area contributed by atoms with Crippen LogP contribution in [0.2, 0.25) is 5.02 Å². The molecule has 0 amide bonds. The van der Waals surface area contributed by atoms with Crippen molar-refractivity contribution in [2.45, 2.75) is 26.5 Å². The van der Waals surface area contributed by atoms with Crippen LogP contribution in [0, 0.1) is 0 Å². The second-order valence-electron chi connectivity index (χ2n) is 6.76. The van der Waals surface area contributed by atoms with E-state index >= 15 is 0 Å². The summed E-state index contributed by atoms with van der Waals surface area (Å²) in [6, 6.07) is 12.2. The van der Waals surface area contributed by atoms with Gasteiger partial charge in [0.2, 0.25) is 0 Å². The zero-order chi connectivity index (χ0) is 19.2. The number of hydrogen-bond acceptors (Lipinski definition) is 5. The average Bonchev–Trinajstić information content (AvgIpc) is 2.68. The highest BCUT2D eigenvalue weighted by molar-refractivity contribution is 6.30. The third-order valence-electron chi connectivity index (χ3n) is 4.40. The van der Waals surface area contributed by atoms with Crippen LogP contribution in [0.3, 0.4) is 0 Å². The maximum Gasteiger partial charge on any atom is 0.166 e. The smallest absolute Gasteiger partial charge is 0.166 e. The average molecular weight is 391 g/mol. The van der Waals surface area contributed by atoms with Gasteiger partial charge in [-0.2, -0.15) is 0 Å². The SMILES string of the molecule is COc1cc(Cl)cc(CNc2ccc(N3CCOCC3)cc2)c1OC(C)C.